The van der Waals surface area contributed by atoms with Gasteiger partial charge in [0, 0.05) is 17.5 Å². The highest BCUT2D eigenvalue weighted by atomic mass is 19.1. The van der Waals surface area contributed by atoms with E-state index in [1.54, 1.807) is 12.1 Å². The molecule has 0 radical (unpaired) electrons. The highest BCUT2D eigenvalue weighted by molar-refractivity contribution is 5.56. The average Bonchev–Trinajstić information content (AvgIpc) is 3.29. The number of nitrogens with one attached hydrogen (secondary N) is 1. The Bertz CT molecular complexity index is 650. The predicted octanol–water partition coefficient (Wildman–Crippen LogP) is 3.56. The van der Waals surface area contributed by atoms with Crippen LogP contribution in [-0.4, -0.2) is 9.97 Å². The van der Waals surface area contributed by atoms with Crippen molar-refractivity contribution in [1.82, 2.24) is 9.97 Å². The Kier molecular flexibility index (Phi) is 3.49. The number of halogens is 1. The summed E-state index contributed by atoms with van der Waals surface area (Å²) in [6.45, 7) is 3.92. The molecule has 1 aliphatic rings. The van der Waals surface area contributed by atoms with Crippen molar-refractivity contribution in [2.45, 2.75) is 38.6 Å². The van der Waals surface area contributed by atoms with Crippen LogP contribution < -0.4 is 11.1 Å². The first-order valence-corrected chi connectivity index (χ1v) is 7.20. The number of benzene rings is 1. The minimum atomic E-state index is -0.232. The number of nitrogens with two attached hydrogens (primary N) is 1. The van der Waals surface area contributed by atoms with E-state index in [1.165, 1.54) is 12.1 Å². The van der Waals surface area contributed by atoms with Crippen LogP contribution in [0.15, 0.2) is 24.3 Å². The lowest BCUT2D eigenvalue weighted by Crippen LogP contribution is -2.12. The largest absolute Gasteiger partial charge is 0.383 e. The fourth-order valence-corrected chi connectivity index (χ4v) is 2.26. The van der Waals surface area contributed by atoms with Gasteiger partial charge < -0.3 is 11.1 Å². The van der Waals surface area contributed by atoms with E-state index in [-0.39, 0.29) is 11.9 Å². The van der Waals surface area contributed by atoms with Gasteiger partial charge in [0.25, 0.3) is 0 Å². The molecule has 2 aromatic rings. The zero-order valence-corrected chi connectivity index (χ0v) is 12.2. The number of aromatic nitrogens is 2. The lowest BCUT2D eigenvalue weighted by molar-refractivity contribution is 0.626. The van der Waals surface area contributed by atoms with Crippen molar-refractivity contribution in [2.24, 2.45) is 0 Å². The summed E-state index contributed by atoms with van der Waals surface area (Å²) in [7, 11) is 0. The maximum Gasteiger partial charge on any atom is 0.136 e. The van der Waals surface area contributed by atoms with Gasteiger partial charge >= 0.3 is 0 Å². The summed E-state index contributed by atoms with van der Waals surface area (Å²) in [5.74, 6) is 2.34. The molecular formula is C16H19FN4. The molecule has 1 fully saturated rings. The molecule has 1 unspecified atom stereocenters. The van der Waals surface area contributed by atoms with Crippen LogP contribution in [0.4, 0.5) is 16.0 Å². The Morgan fingerprint density at radius 3 is 2.52 bits per heavy atom. The molecule has 1 saturated carbocycles. The molecule has 0 spiro atoms. The molecule has 3 rings (SSSR count). The monoisotopic (exact) mass is 286 g/mol. The van der Waals surface area contributed by atoms with Gasteiger partial charge in [-0.25, -0.2) is 14.4 Å². The summed E-state index contributed by atoms with van der Waals surface area (Å²) >= 11 is 0. The van der Waals surface area contributed by atoms with E-state index in [0.717, 1.165) is 35.6 Å². The highest BCUT2D eigenvalue weighted by Gasteiger charge is 2.28. The van der Waals surface area contributed by atoms with Gasteiger partial charge in [0.2, 0.25) is 0 Å². The van der Waals surface area contributed by atoms with E-state index in [0.29, 0.717) is 11.7 Å². The Hall–Kier alpha value is -2.17. The molecule has 1 aliphatic carbocycles. The Labute approximate surface area is 123 Å². The lowest BCUT2D eigenvalue weighted by Gasteiger charge is -2.18. The fraction of sp³-hybridized carbons (Fsp3) is 0.375. The smallest absolute Gasteiger partial charge is 0.136 e. The molecule has 4 nitrogen and oxygen atoms in total. The fourth-order valence-electron chi connectivity index (χ4n) is 2.26. The van der Waals surface area contributed by atoms with Gasteiger partial charge in [-0.05, 0) is 44.4 Å². The predicted molar refractivity (Wildman–Crippen MR) is 81.6 cm³/mol. The topological polar surface area (TPSA) is 63.8 Å². The van der Waals surface area contributed by atoms with Crippen molar-refractivity contribution in [2.75, 3.05) is 11.1 Å². The van der Waals surface area contributed by atoms with Crippen molar-refractivity contribution in [3.63, 3.8) is 0 Å². The first-order chi connectivity index (χ1) is 10.0. The molecular weight excluding hydrogens is 267 g/mol. The summed E-state index contributed by atoms with van der Waals surface area (Å²) < 4.78 is 13.0. The highest BCUT2D eigenvalue weighted by Crippen LogP contribution is 2.39. The molecule has 1 heterocycles. The molecule has 1 atom stereocenters. The molecule has 0 amide bonds. The van der Waals surface area contributed by atoms with Gasteiger partial charge in [-0.3, -0.25) is 0 Å². The molecule has 3 N–H and O–H groups in total. The van der Waals surface area contributed by atoms with Crippen LogP contribution >= 0.6 is 0 Å². The van der Waals surface area contributed by atoms with Crippen molar-refractivity contribution < 1.29 is 4.39 Å². The number of anilines is 2. The van der Waals surface area contributed by atoms with Gasteiger partial charge in [-0.2, -0.15) is 0 Å². The SMILES string of the molecule is Cc1c(N)nc(C2CC2)nc1NC(C)c1ccc(F)cc1. The van der Waals surface area contributed by atoms with Crippen molar-refractivity contribution in [3.8, 4) is 0 Å². The number of rotatable bonds is 4. The summed E-state index contributed by atoms with van der Waals surface area (Å²) in [4.78, 5) is 8.97. The summed E-state index contributed by atoms with van der Waals surface area (Å²) in [5, 5.41) is 3.36. The molecule has 1 aromatic carbocycles. The van der Waals surface area contributed by atoms with Gasteiger partial charge in [0.15, 0.2) is 0 Å². The number of hydrogen-bond donors (Lipinski definition) is 2. The molecule has 110 valence electrons. The summed E-state index contributed by atoms with van der Waals surface area (Å²) in [5.41, 5.74) is 7.84. The van der Waals surface area contributed by atoms with E-state index >= 15 is 0 Å². The zero-order valence-electron chi connectivity index (χ0n) is 12.2. The molecule has 21 heavy (non-hydrogen) atoms. The number of hydrogen-bond acceptors (Lipinski definition) is 4. The standard InChI is InChI=1S/C16H19FN4/c1-9-14(18)20-16(12-3-4-12)21-15(9)19-10(2)11-5-7-13(17)8-6-11/h5-8,10,12H,3-4H2,1-2H3,(H3,18,19,20,21). The van der Waals surface area contributed by atoms with Crippen LogP contribution in [0.3, 0.4) is 0 Å². The van der Waals surface area contributed by atoms with Crippen LogP contribution in [0.25, 0.3) is 0 Å². The van der Waals surface area contributed by atoms with E-state index in [2.05, 4.69) is 15.3 Å². The number of nitrogen functional groups attached to an aromatic ring is 1. The van der Waals surface area contributed by atoms with Crippen molar-refractivity contribution in [3.05, 3.63) is 47.0 Å². The van der Waals surface area contributed by atoms with Crippen molar-refractivity contribution >= 4 is 11.6 Å². The van der Waals surface area contributed by atoms with Gasteiger partial charge in [-0.15, -0.1) is 0 Å². The third-order valence-electron chi connectivity index (χ3n) is 3.87. The van der Waals surface area contributed by atoms with E-state index in [1.807, 2.05) is 13.8 Å². The Morgan fingerprint density at radius 2 is 1.90 bits per heavy atom. The molecule has 1 aromatic heterocycles. The van der Waals surface area contributed by atoms with Crippen molar-refractivity contribution in [1.29, 1.82) is 0 Å². The second-order valence-corrected chi connectivity index (χ2v) is 5.63. The normalized spacial score (nSPS) is 15.8. The van der Waals surface area contributed by atoms with Gasteiger partial charge in [-0.1, -0.05) is 12.1 Å². The van der Waals surface area contributed by atoms with E-state index in [9.17, 15) is 4.39 Å². The minimum Gasteiger partial charge on any atom is -0.383 e. The first-order valence-electron chi connectivity index (χ1n) is 7.20. The number of nitrogens with zero attached hydrogens (tertiary/aromatic N) is 2. The van der Waals surface area contributed by atoms with Crippen LogP contribution in [0.5, 0.6) is 0 Å². The summed E-state index contributed by atoms with van der Waals surface area (Å²) in [6, 6.07) is 6.49. The van der Waals surface area contributed by atoms with Crippen LogP contribution in [0.1, 0.15) is 48.7 Å². The third kappa shape index (κ3) is 2.96. The minimum absolute atomic E-state index is 0.0191. The van der Waals surface area contributed by atoms with Gasteiger partial charge in [0.05, 0.1) is 0 Å². The second kappa shape index (κ2) is 5.31. The molecule has 0 saturated heterocycles. The van der Waals surface area contributed by atoms with Crippen LogP contribution in [0.2, 0.25) is 0 Å². The average molecular weight is 286 g/mol. The first kappa shape index (κ1) is 13.8. The second-order valence-electron chi connectivity index (χ2n) is 5.63. The Balaban J connectivity index is 1.84. The maximum atomic E-state index is 13.0. The molecule has 0 aliphatic heterocycles. The van der Waals surface area contributed by atoms with Gasteiger partial charge in [0.1, 0.15) is 23.3 Å². The summed E-state index contributed by atoms with van der Waals surface area (Å²) in [6.07, 6.45) is 2.27. The van der Waals surface area contributed by atoms with E-state index in [4.69, 9.17) is 5.73 Å². The van der Waals surface area contributed by atoms with E-state index < -0.39 is 0 Å². The van der Waals surface area contributed by atoms with Crippen LogP contribution in [0, 0.1) is 12.7 Å². The molecule has 5 heteroatoms. The lowest BCUT2D eigenvalue weighted by atomic mass is 10.1. The Morgan fingerprint density at radius 1 is 1.24 bits per heavy atom. The van der Waals surface area contributed by atoms with Crippen LogP contribution in [-0.2, 0) is 0 Å². The quantitative estimate of drug-likeness (QED) is 0.902. The third-order valence-corrected chi connectivity index (χ3v) is 3.87. The zero-order chi connectivity index (χ0) is 15.0. The molecule has 0 bridgehead atoms. The maximum absolute atomic E-state index is 13.0.